The predicted octanol–water partition coefficient (Wildman–Crippen LogP) is 5.69. The van der Waals surface area contributed by atoms with Crippen LogP contribution in [0.4, 0.5) is 4.39 Å². The number of β-amino-alcohol motifs (C(OH)–C–C–N with tert-alkyl or cyclic N) is 1. The van der Waals surface area contributed by atoms with E-state index in [0.29, 0.717) is 31.9 Å². The van der Waals surface area contributed by atoms with Crippen LogP contribution in [-0.4, -0.2) is 67.2 Å². The Morgan fingerprint density at radius 1 is 1.00 bits per heavy atom. The third-order valence-electron chi connectivity index (χ3n) is 7.40. The van der Waals surface area contributed by atoms with Crippen LogP contribution in [0, 0.1) is 19.7 Å². The molecular formula is C32H40ClFN2O4. The van der Waals surface area contributed by atoms with E-state index in [2.05, 4.69) is 36.2 Å². The minimum absolute atomic E-state index is 0.00660. The van der Waals surface area contributed by atoms with Gasteiger partial charge in [0, 0.05) is 26.2 Å². The number of hydrogen-bond donors (Lipinski definition) is 3. The highest BCUT2D eigenvalue weighted by atomic mass is 35.5. The molecule has 3 N–H and O–H groups in total. The highest BCUT2D eigenvalue weighted by Gasteiger charge is 2.19. The van der Waals surface area contributed by atoms with Gasteiger partial charge in [-0.2, -0.15) is 0 Å². The molecule has 0 unspecified atom stereocenters. The second kappa shape index (κ2) is 14.8. The molecule has 3 aromatic carbocycles. The van der Waals surface area contributed by atoms with Gasteiger partial charge >= 0.3 is 0 Å². The zero-order valence-corrected chi connectivity index (χ0v) is 24.1. The van der Waals surface area contributed by atoms with E-state index >= 15 is 0 Å². The molecule has 40 heavy (non-hydrogen) atoms. The molecule has 1 heterocycles. The van der Waals surface area contributed by atoms with Crippen molar-refractivity contribution in [3.05, 3.63) is 82.1 Å². The highest BCUT2D eigenvalue weighted by molar-refractivity contribution is 6.30. The van der Waals surface area contributed by atoms with Crippen LogP contribution in [0.15, 0.2) is 54.6 Å². The van der Waals surface area contributed by atoms with Gasteiger partial charge in [0.15, 0.2) is 0 Å². The van der Waals surface area contributed by atoms with E-state index in [1.54, 1.807) is 0 Å². The molecule has 1 aliphatic rings. The van der Waals surface area contributed by atoms with Gasteiger partial charge in [0.25, 0.3) is 0 Å². The summed E-state index contributed by atoms with van der Waals surface area (Å²) in [6.07, 6.45) is 1.60. The monoisotopic (exact) mass is 570 g/mol. The van der Waals surface area contributed by atoms with Crippen LogP contribution in [0.25, 0.3) is 11.1 Å². The summed E-state index contributed by atoms with van der Waals surface area (Å²) in [5, 5.41) is 23.2. The Labute approximate surface area is 241 Å². The first-order valence-electron chi connectivity index (χ1n) is 14.0. The van der Waals surface area contributed by atoms with Gasteiger partial charge in [-0.25, -0.2) is 4.39 Å². The van der Waals surface area contributed by atoms with E-state index in [0.717, 1.165) is 72.6 Å². The second-order valence-corrected chi connectivity index (χ2v) is 10.8. The molecule has 3 aromatic rings. The van der Waals surface area contributed by atoms with Gasteiger partial charge in [-0.15, -0.1) is 0 Å². The molecule has 8 heteroatoms. The van der Waals surface area contributed by atoms with Crippen molar-refractivity contribution in [1.29, 1.82) is 0 Å². The molecule has 0 spiro atoms. The minimum Gasteiger partial charge on any atom is -0.493 e. The first kappa shape index (κ1) is 30.3. The van der Waals surface area contributed by atoms with E-state index in [9.17, 15) is 14.6 Å². The maximum absolute atomic E-state index is 13.3. The fourth-order valence-electron chi connectivity index (χ4n) is 5.07. The third kappa shape index (κ3) is 8.18. The van der Waals surface area contributed by atoms with Gasteiger partial charge in [-0.3, -0.25) is 0 Å². The maximum Gasteiger partial charge on any atom is 0.141 e. The van der Waals surface area contributed by atoms with Crippen LogP contribution in [0.1, 0.15) is 42.1 Å². The molecule has 4 rings (SSSR count). The number of rotatable bonds is 14. The van der Waals surface area contributed by atoms with Crippen molar-refractivity contribution in [1.82, 2.24) is 10.2 Å². The molecule has 2 atom stereocenters. The fourth-order valence-corrected chi connectivity index (χ4v) is 5.26. The Kier molecular flexibility index (Phi) is 11.2. The number of hydrogen-bond acceptors (Lipinski definition) is 6. The van der Waals surface area contributed by atoms with Crippen molar-refractivity contribution < 1.29 is 24.1 Å². The first-order valence-corrected chi connectivity index (χ1v) is 14.4. The van der Waals surface area contributed by atoms with Gasteiger partial charge in [0.05, 0.1) is 30.4 Å². The lowest BCUT2D eigenvalue weighted by Crippen LogP contribution is -2.24. The number of benzene rings is 3. The van der Waals surface area contributed by atoms with Crippen molar-refractivity contribution in [2.75, 3.05) is 45.9 Å². The molecule has 6 nitrogen and oxygen atoms in total. The molecule has 1 saturated heterocycles. The Balaban J connectivity index is 1.24. The van der Waals surface area contributed by atoms with Gasteiger partial charge in [0.1, 0.15) is 17.3 Å². The first-order chi connectivity index (χ1) is 19.3. The van der Waals surface area contributed by atoms with E-state index in [4.69, 9.17) is 21.1 Å². The highest BCUT2D eigenvalue weighted by Crippen LogP contribution is 2.35. The molecule has 0 aromatic heterocycles. The molecule has 1 fully saturated rings. The second-order valence-electron chi connectivity index (χ2n) is 10.4. The number of nitrogens with zero attached hydrogens (tertiary/aromatic N) is 1. The summed E-state index contributed by atoms with van der Waals surface area (Å²) in [5.41, 5.74) is 5.00. The number of aliphatic hydroxyl groups excluding tert-OH is 2. The average molecular weight is 571 g/mol. The van der Waals surface area contributed by atoms with Gasteiger partial charge in [0.2, 0.25) is 0 Å². The summed E-state index contributed by atoms with van der Waals surface area (Å²) in [5.74, 6) is 1.24. The smallest absolute Gasteiger partial charge is 0.141 e. The van der Waals surface area contributed by atoms with E-state index < -0.39 is 11.9 Å². The summed E-state index contributed by atoms with van der Waals surface area (Å²) >= 11 is 5.81. The fraction of sp³-hybridized carbons (Fsp3) is 0.438. The summed E-state index contributed by atoms with van der Waals surface area (Å²) in [6, 6.07) is 16.5. The number of likely N-dealkylation sites (tertiary alicyclic amines) is 1. The van der Waals surface area contributed by atoms with Crippen molar-refractivity contribution in [3.8, 4) is 22.6 Å². The van der Waals surface area contributed by atoms with Crippen molar-refractivity contribution in [2.24, 2.45) is 0 Å². The standard InChI is InChI=1S/C32H40ClFN2O4/c1-22-26(27-8-4-10-32(23(27)2)40-18-6-15-36-16-13-25(37)21-36)7-3-9-31(22)39-17-5-14-35-20-30(38)24-11-12-29(34)28(33)19-24/h3-4,7-12,19,25,30,35,37-38H,5-6,13-18,20-21H2,1-2H3/t25-,30-/m1/s1. The Hall–Kier alpha value is -2.68. The van der Waals surface area contributed by atoms with Crippen molar-refractivity contribution in [3.63, 3.8) is 0 Å². The average Bonchev–Trinajstić information content (AvgIpc) is 3.36. The largest absolute Gasteiger partial charge is 0.493 e. The summed E-state index contributed by atoms with van der Waals surface area (Å²) in [6.45, 7) is 9.01. The van der Waals surface area contributed by atoms with Gasteiger partial charge in [-0.05, 0) is 91.7 Å². The van der Waals surface area contributed by atoms with Crippen LogP contribution in [0.5, 0.6) is 11.5 Å². The third-order valence-corrected chi connectivity index (χ3v) is 7.69. The SMILES string of the molecule is Cc1c(OCCCNC[C@@H](O)c2ccc(F)c(Cl)c2)cccc1-c1cccc(OCCCN2CC[C@@H](O)C2)c1C. The van der Waals surface area contributed by atoms with E-state index in [-0.39, 0.29) is 11.1 Å². The lowest BCUT2D eigenvalue weighted by Gasteiger charge is -2.18. The molecule has 0 amide bonds. The minimum atomic E-state index is -0.764. The Morgan fingerprint density at radius 3 is 2.25 bits per heavy atom. The quantitative estimate of drug-likeness (QED) is 0.216. The van der Waals surface area contributed by atoms with Gasteiger partial charge < -0.3 is 29.9 Å². The van der Waals surface area contributed by atoms with Gasteiger partial charge in [-0.1, -0.05) is 41.9 Å². The van der Waals surface area contributed by atoms with Crippen molar-refractivity contribution in [2.45, 2.75) is 45.3 Å². The summed E-state index contributed by atoms with van der Waals surface area (Å²) < 4.78 is 25.6. The summed E-state index contributed by atoms with van der Waals surface area (Å²) in [7, 11) is 0. The normalized spacial score (nSPS) is 16.3. The molecule has 0 radical (unpaired) electrons. The van der Waals surface area contributed by atoms with Crippen molar-refractivity contribution >= 4 is 11.6 Å². The lowest BCUT2D eigenvalue weighted by atomic mass is 9.95. The molecule has 0 aliphatic carbocycles. The molecule has 1 aliphatic heterocycles. The number of ether oxygens (including phenoxy) is 2. The van der Waals surface area contributed by atoms with Crippen LogP contribution >= 0.6 is 11.6 Å². The van der Waals surface area contributed by atoms with E-state index in [1.807, 2.05) is 24.3 Å². The predicted molar refractivity (Wildman–Crippen MR) is 158 cm³/mol. The van der Waals surface area contributed by atoms with Crippen LogP contribution in [0.3, 0.4) is 0 Å². The van der Waals surface area contributed by atoms with E-state index in [1.165, 1.54) is 18.2 Å². The Bertz CT molecular complexity index is 1260. The molecule has 0 bridgehead atoms. The van der Waals surface area contributed by atoms with Crippen LogP contribution < -0.4 is 14.8 Å². The Morgan fingerprint density at radius 2 is 1.65 bits per heavy atom. The number of aliphatic hydroxyl groups is 2. The van der Waals surface area contributed by atoms with Crippen LogP contribution in [0.2, 0.25) is 5.02 Å². The summed E-state index contributed by atoms with van der Waals surface area (Å²) in [4.78, 5) is 2.29. The lowest BCUT2D eigenvalue weighted by molar-refractivity contribution is 0.173. The molecular weight excluding hydrogens is 531 g/mol. The zero-order chi connectivity index (χ0) is 28.5. The topological polar surface area (TPSA) is 74.2 Å². The molecule has 0 saturated carbocycles. The number of nitrogens with one attached hydrogen (secondary N) is 1. The number of halogens is 2. The van der Waals surface area contributed by atoms with Crippen LogP contribution in [-0.2, 0) is 0 Å². The molecule has 216 valence electrons. The maximum atomic E-state index is 13.3. The zero-order valence-electron chi connectivity index (χ0n) is 23.3.